The summed E-state index contributed by atoms with van der Waals surface area (Å²) in [5.74, 6) is 0.232. The van der Waals surface area contributed by atoms with Gasteiger partial charge in [0.1, 0.15) is 6.61 Å². The molecule has 0 aromatic carbocycles. The van der Waals surface area contributed by atoms with Gasteiger partial charge in [-0.15, -0.1) is 0 Å². The molecule has 0 amide bonds. The zero-order valence-electron chi connectivity index (χ0n) is 21.3. The number of carbonyl (C=O) groups is 1. The van der Waals surface area contributed by atoms with Gasteiger partial charge in [-0.25, -0.2) is 4.79 Å². The number of piperidine rings is 1. The molecule has 1 aliphatic rings. The predicted molar refractivity (Wildman–Crippen MR) is 135 cm³/mol. The minimum Gasteiger partial charge on any atom is -0.465 e. The highest BCUT2D eigenvalue weighted by atomic mass is 16.6. The van der Waals surface area contributed by atoms with Crippen molar-refractivity contribution in [2.45, 2.75) is 116 Å². The van der Waals surface area contributed by atoms with Crippen LogP contribution in [0.4, 0.5) is 0 Å². The molecule has 0 aliphatic carbocycles. The number of rotatable bonds is 20. The Hall–Kier alpha value is -1.49. The third kappa shape index (κ3) is 13.7. The lowest BCUT2D eigenvalue weighted by atomic mass is 10.0. The highest BCUT2D eigenvalue weighted by Gasteiger charge is 2.15. The third-order valence-electron chi connectivity index (χ3n) is 6.61. The molecular formula is C28H49NO4. The number of nitrogens with zero attached hydrogens (tertiary/aromatic N) is 1. The zero-order valence-corrected chi connectivity index (χ0v) is 21.3. The van der Waals surface area contributed by atoms with Crippen molar-refractivity contribution in [3.8, 4) is 5.95 Å². The van der Waals surface area contributed by atoms with Gasteiger partial charge in [0.05, 0.1) is 6.61 Å². The monoisotopic (exact) mass is 463 g/mol. The lowest BCUT2D eigenvalue weighted by Gasteiger charge is -2.25. The topological polar surface area (TPSA) is 51.9 Å². The zero-order chi connectivity index (χ0) is 23.4. The van der Waals surface area contributed by atoms with Crippen LogP contribution in [0.5, 0.6) is 5.95 Å². The Morgan fingerprint density at radius 2 is 1.36 bits per heavy atom. The van der Waals surface area contributed by atoms with E-state index in [9.17, 15) is 4.79 Å². The molecule has 0 unspecified atom stereocenters. The molecule has 0 spiro atoms. The summed E-state index contributed by atoms with van der Waals surface area (Å²) in [5.41, 5.74) is 0. The summed E-state index contributed by atoms with van der Waals surface area (Å²) in [5, 5.41) is 0. The number of likely N-dealkylation sites (tertiary alicyclic amines) is 1. The van der Waals surface area contributed by atoms with Crippen molar-refractivity contribution in [2.24, 2.45) is 0 Å². The van der Waals surface area contributed by atoms with Crippen molar-refractivity contribution in [1.29, 1.82) is 0 Å². The first-order valence-corrected chi connectivity index (χ1v) is 13.9. The number of esters is 1. The van der Waals surface area contributed by atoms with Gasteiger partial charge in [-0.1, -0.05) is 96.8 Å². The van der Waals surface area contributed by atoms with E-state index in [0.717, 1.165) is 26.1 Å². The Kier molecular flexibility index (Phi) is 15.9. The fourth-order valence-corrected chi connectivity index (χ4v) is 4.50. The Balaban J connectivity index is 1.38. The molecule has 0 saturated carbocycles. The summed E-state index contributed by atoms with van der Waals surface area (Å²) in [6.07, 6.45) is 22.6. The average molecular weight is 464 g/mol. The molecule has 1 aromatic rings. The number of furan rings is 1. The first kappa shape index (κ1) is 27.8. The second-order valence-corrected chi connectivity index (χ2v) is 9.60. The van der Waals surface area contributed by atoms with E-state index in [2.05, 4.69) is 11.8 Å². The molecule has 190 valence electrons. The van der Waals surface area contributed by atoms with Crippen molar-refractivity contribution in [3.05, 3.63) is 17.9 Å². The van der Waals surface area contributed by atoms with Gasteiger partial charge < -0.3 is 13.9 Å². The van der Waals surface area contributed by atoms with Crippen LogP contribution >= 0.6 is 0 Å². The molecule has 1 saturated heterocycles. The Bertz CT molecular complexity index is 594. The molecule has 1 fully saturated rings. The first-order valence-electron chi connectivity index (χ1n) is 13.9. The maximum absolute atomic E-state index is 12.1. The summed E-state index contributed by atoms with van der Waals surface area (Å²) in [6.45, 7) is 6.34. The molecule has 0 radical (unpaired) electrons. The van der Waals surface area contributed by atoms with Gasteiger partial charge >= 0.3 is 5.97 Å². The summed E-state index contributed by atoms with van der Waals surface area (Å²) in [7, 11) is 0. The molecule has 33 heavy (non-hydrogen) atoms. The maximum atomic E-state index is 12.1. The van der Waals surface area contributed by atoms with E-state index < -0.39 is 5.97 Å². The smallest absolute Gasteiger partial charge is 0.374 e. The van der Waals surface area contributed by atoms with E-state index in [4.69, 9.17) is 13.9 Å². The Labute approximate surface area is 202 Å². The number of carbonyl (C=O) groups excluding carboxylic acids is 1. The van der Waals surface area contributed by atoms with Gasteiger partial charge in [-0.05, 0) is 38.4 Å². The molecule has 1 aromatic heterocycles. The number of hydrogen-bond acceptors (Lipinski definition) is 5. The lowest BCUT2D eigenvalue weighted by Crippen LogP contribution is -2.33. The minimum absolute atomic E-state index is 0.226. The molecule has 0 N–H and O–H groups in total. The van der Waals surface area contributed by atoms with Crippen molar-refractivity contribution in [2.75, 3.05) is 32.8 Å². The molecule has 0 atom stereocenters. The van der Waals surface area contributed by atoms with Crippen LogP contribution in [0, 0.1) is 0 Å². The van der Waals surface area contributed by atoms with Gasteiger partial charge in [-0.3, -0.25) is 4.90 Å². The molecular weight excluding hydrogens is 414 g/mol. The fraction of sp³-hybridized carbons (Fsp3) is 0.821. The van der Waals surface area contributed by atoms with Crippen LogP contribution in [0.3, 0.4) is 0 Å². The average Bonchev–Trinajstić information content (AvgIpc) is 3.31. The highest BCUT2D eigenvalue weighted by molar-refractivity contribution is 5.86. The predicted octanol–water partition coefficient (Wildman–Crippen LogP) is 7.78. The van der Waals surface area contributed by atoms with Crippen molar-refractivity contribution in [3.63, 3.8) is 0 Å². The third-order valence-corrected chi connectivity index (χ3v) is 6.61. The molecule has 1 aliphatic heterocycles. The normalized spacial score (nSPS) is 14.5. The van der Waals surface area contributed by atoms with Crippen LogP contribution in [0.2, 0.25) is 0 Å². The van der Waals surface area contributed by atoms with E-state index in [1.54, 1.807) is 12.1 Å². The molecule has 2 rings (SSSR count). The quantitative estimate of drug-likeness (QED) is 0.146. The Morgan fingerprint density at radius 3 is 1.97 bits per heavy atom. The maximum Gasteiger partial charge on any atom is 0.374 e. The van der Waals surface area contributed by atoms with Crippen molar-refractivity contribution in [1.82, 2.24) is 4.90 Å². The van der Waals surface area contributed by atoms with Crippen LogP contribution < -0.4 is 4.74 Å². The van der Waals surface area contributed by atoms with E-state index in [0.29, 0.717) is 19.2 Å². The van der Waals surface area contributed by atoms with Crippen LogP contribution in [-0.4, -0.2) is 43.7 Å². The molecule has 5 heteroatoms. The largest absolute Gasteiger partial charge is 0.465 e. The first-order chi connectivity index (χ1) is 16.3. The second kappa shape index (κ2) is 18.9. The SMILES string of the molecule is CCCCCCCCCCCCCCCCOc1ccc(C(=O)OCCN2CCCCC2)o1. The van der Waals surface area contributed by atoms with Crippen molar-refractivity contribution < 1.29 is 18.7 Å². The van der Waals surface area contributed by atoms with Crippen LogP contribution in [0.15, 0.2) is 16.5 Å². The van der Waals surface area contributed by atoms with E-state index >= 15 is 0 Å². The van der Waals surface area contributed by atoms with Gasteiger partial charge in [0.25, 0.3) is 5.95 Å². The van der Waals surface area contributed by atoms with Gasteiger partial charge in [0, 0.05) is 12.6 Å². The van der Waals surface area contributed by atoms with Crippen molar-refractivity contribution >= 4 is 5.97 Å². The number of ether oxygens (including phenoxy) is 2. The minimum atomic E-state index is -0.404. The van der Waals surface area contributed by atoms with Crippen LogP contribution in [0.1, 0.15) is 127 Å². The molecule has 0 bridgehead atoms. The summed E-state index contributed by atoms with van der Waals surface area (Å²) < 4.78 is 16.5. The second-order valence-electron chi connectivity index (χ2n) is 9.60. The van der Waals surface area contributed by atoms with Crippen LogP contribution in [-0.2, 0) is 4.74 Å². The fourth-order valence-electron chi connectivity index (χ4n) is 4.50. The van der Waals surface area contributed by atoms with E-state index in [-0.39, 0.29) is 5.76 Å². The van der Waals surface area contributed by atoms with Gasteiger partial charge in [0.2, 0.25) is 5.76 Å². The summed E-state index contributed by atoms with van der Waals surface area (Å²) in [4.78, 5) is 14.5. The van der Waals surface area contributed by atoms with Gasteiger partial charge in [-0.2, -0.15) is 0 Å². The number of unbranched alkanes of at least 4 members (excludes halogenated alkanes) is 13. The Morgan fingerprint density at radius 1 is 0.788 bits per heavy atom. The van der Waals surface area contributed by atoms with E-state index in [1.807, 2.05) is 0 Å². The molecule has 5 nitrogen and oxygen atoms in total. The molecule has 2 heterocycles. The summed E-state index contributed by atoms with van der Waals surface area (Å²) >= 11 is 0. The van der Waals surface area contributed by atoms with Gasteiger partial charge in [0.15, 0.2) is 0 Å². The lowest BCUT2D eigenvalue weighted by molar-refractivity contribution is 0.0409. The summed E-state index contributed by atoms with van der Waals surface area (Å²) in [6, 6.07) is 3.36. The highest BCUT2D eigenvalue weighted by Crippen LogP contribution is 2.18. The number of hydrogen-bond donors (Lipinski definition) is 0. The standard InChI is InChI=1S/C28H49NO4/c1-2-3-4-5-6-7-8-9-10-11-12-13-14-18-24-31-27-20-19-26(33-27)28(30)32-25-23-29-21-16-15-17-22-29/h19-20H,2-18,21-25H2,1H3. The van der Waals surface area contributed by atoms with Crippen LogP contribution in [0.25, 0.3) is 0 Å². The van der Waals surface area contributed by atoms with E-state index in [1.165, 1.54) is 103 Å².